The number of benzene rings is 1. The van der Waals surface area contributed by atoms with E-state index < -0.39 is 11.6 Å². The van der Waals surface area contributed by atoms with Crippen molar-refractivity contribution in [1.82, 2.24) is 9.80 Å². The number of hydrogen-bond donors (Lipinski definition) is 0. The quantitative estimate of drug-likeness (QED) is 0.836. The predicted molar refractivity (Wildman–Crippen MR) is 85.1 cm³/mol. The van der Waals surface area contributed by atoms with Crippen molar-refractivity contribution >= 4 is 5.91 Å². The van der Waals surface area contributed by atoms with Gasteiger partial charge in [0.2, 0.25) is 5.91 Å². The summed E-state index contributed by atoms with van der Waals surface area (Å²) >= 11 is 0. The highest BCUT2D eigenvalue weighted by atomic mass is 19.1. The number of amides is 1. The molecular weight excluding hydrogens is 298 g/mol. The zero-order valence-electron chi connectivity index (χ0n) is 13.7. The average molecular weight is 322 g/mol. The van der Waals surface area contributed by atoms with Gasteiger partial charge in [0.05, 0.1) is 6.42 Å². The van der Waals surface area contributed by atoms with Crippen molar-refractivity contribution in [2.24, 2.45) is 0 Å². The number of likely N-dealkylation sites (tertiary alicyclic amines) is 2. The molecule has 3 nitrogen and oxygen atoms in total. The molecule has 3 rings (SSSR count). The van der Waals surface area contributed by atoms with E-state index in [-0.39, 0.29) is 17.9 Å². The minimum absolute atomic E-state index is 0.0345. The highest BCUT2D eigenvalue weighted by Gasteiger charge is 2.39. The van der Waals surface area contributed by atoms with E-state index in [9.17, 15) is 13.6 Å². The van der Waals surface area contributed by atoms with E-state index in [4.69, 9.17) is 0 Å². The normalized spacial score (nSPS) is 25.8. The molecule has 2 heterocycles. The Morgan fingerprint density at radius 2 is 1.70 bits per heavy atom. The molecule has 2 fully saturated rings. The van der Waals surface area contributed by atoms with Crippen molar-refractivity contribution in [2.45, 2.75) is 44.1 Å². The first-order chi connectivity index (χ1) is 11.0. The fourth-order valence-corrected chi connectivity index (χ4v) is 4.13. The number of halogens is 2. The Morgan fingerprint density at radius 3 is 2.30 bits per heavy atom. The van der Waals surface area contributed by atoms with Crippen LogP contribution < -0.4 is 0 Å². The Balaban J connectivity index is 1.64. The second-order valence-corrected chi connectivity index (χ2v) is 6.94. The standard InChI is InChI=1S/C18H24F2N2O/c1-21-7-2-4-18(21)5-3-8-22(9-6-18)17(23)12-14-10-15(19)13-16(20)11-14/h10-11,13H,2-9,12H2,1H3/t18-/m0/s1. The maximum absolute atomic E-state index is 13.3. The van der Waals surface area contributed by atoms with E-state index in [1.165, 1.54) is 25.0 Å². The van der Waals surface area contributed by atoms with Crippen molar-refractivity contribution in [2.75, 3.05) is 26.7 Å². The summed E-state index contributed by atoms with van der Waals surface area (Å²) in [5.74, 6) is -1.29. The molecule has 1 aromatic rings. The molecule has 126 valence electrons. The molecule has 1 atom stereocenters. The molecule has 1 aromatic carbocycles. The molecule has 2 aliphatic rings. The Labute approximate surface area is 136 Å². The molecule has 0 saturated carbocycles. The summed E-state index contributed by atoms with van der Waals surface area (Å²) < 4.78 is 26.5. The van der Waals surface area contributed by atoms with Crippen molar-refractivity contribution in [3.63, 3.8) is 0 Å². The van der Waals surface area contributed by atoms with E-state index in [2.05, 4.69) is 11.9 Å². The molecule has 1 spiro atoms. The second kappa shape index (κ2) is 6.56. The monoisotopic (exact) mass is 322 g/mol. The van der Waals surface area contributed by atoms with Gasteiger partial charge in [-0.3, -0.25) is 4.79 Å². The number of carbonyl (C=O) groups excluding carboxylic acids is 1. The van der Waals surface area contributed by atoms with Crippen LogP contribution >= 0.6 is 0 Å². The summed E-state index contributed by atoms with van der Waals surface area (Å²) in [6.07, 6.45) is 5.62. The smallest absolute Gasteiger partial charge is 0.226 e. The van der Waals surface area contributed by atoms with Gasteiger partial charge in [-0.05, 0) is 63.4 Å². The van der Waals surface area contributed by atoms with Crippen LogP contribution in [-0.2, 0) is 11.2 Å². The van der Waals surface area contributed by atoms with Crippen LogP contribution in [0.4, 0.5) is 8.78 Å². The van der Waals surface area contributed by atoms with Crippen LogP contribution in [0, 0.1) is 11.6 Å². The van der Waals surface area contributed by atoms with E-state index in [0.29, 0.717) is 5.56 Å². The van der Waals surface area contributed by atoms with Crippen LogP contribution in [0.3, 0.4) is 0 Å². The lowest BCUT2D eigenvalue weighted by Crippen LogP contribution is -2.42. The van der Waals surface area contributed by atoms with Gasteiger partial charge in [0, 0.05) is 24.7 Å². The first-order valence-corrected chi connectivity index (χ1v) is 8.43. The molecule has 2 aliphatic heterocycles. The Morgan fingerprint density at radius 1 is 1.04 bits per heavy atom. The average Bonchev–Trinajstić information content (AvgIpc) is 2.69. The van der Waals surface area contributed by atoms with Gasteiger partial charge < -0.3 is 9.80 Å². The van der Waals surface area contributed by atoms with Crippen LogP contribution in [0.15, 0.2) is 18.2 Å². The van der Waals surface area contributed by atoms with Crippen LogP contribution in [0.25, 0.3) is 0 Å². The minimum Gasteiger partial charge on any atom is -0.342 e. The second-order valence-electron chi connectivity index (χ2n) is 6.94. The summed E-state index contributed by atoms with van der Waals surface area (Å²) in [4.78, 5) is 16.8. The molecule has 1 amide bonds. The van der Waals surface area contributed by atoms with Crippen LogP contribution in [0.2, 0.25) is 0 Å². The van der Waals surface area contributed by atoms with E-state index >= 15 is 0 Å². The molecule has 5 heteroatoms. The number of nitrogens with zero attached hydrogens (tertiary/aromatic N) is 2. The largest absolute Gasteiger partial charge is 0.342 e. The van der Waals surface area contributed by atoms with Gasteiger partial charge in [0.15, 0.2) is 0 Å². The third kappa shape index (κ3) is 3.55. The van der Waals surface area contributed by atoms with E-state index in [1.54, 1.807) is 0 Å². The lowest BCUT2D eigenvalue weighted by molar-refractivity contribution is -0.130. The number of carbonyl (C=O) groups is 1. The van der Waals surface area contributed by atoms with Crippen molar-refractivity contribution in [3.05, 3.63) is 35.4 Å². The molecule has 0 aromatic heterocycles. The van der Waals surface area contributed by atoms with Gasteiger partial charge in [-0.2, -0.15) is 0 Å². The first kappa shape index (κ1) is 16.4. The summed E-state index contributed by atoms with van der Waals surface area (Å²) in [5, 5.41) is 0. The molecule has 0 aliphatic carbocycles. The Kier molecular flexibility index (Phi) is 4.67. The Bertz CT molecular complexity index is 572. The lowest BCUT2D eigenvalue weighted by Gasteiger charge is -2.35. The van der Waals surface area contributed by atoms with Gasteiger partial charge >= 0.3 is 0 Å². The fourth-order valence-electron chi connectivity index (χ4n) is 4.13. The molecular formula is C18H24F2N2O. The predicted octanol–water partition coefficient (Wildman–Crippen LogP) is 2.98. The van der Waals surface area contributed by atoms with Gasteiger partial charge in [-0.25, -0.2) is 8.78 Å². The van der Waals surface area contributed by atoms with Crippen molar-refractivity contribution < 1.29 is 13.6 Å². The highest BCUT2D eigenvalue weighted by molar-refractivity contribution is 5.78. The zero-order chi connectivity index (χ0) is 16.4. The summed E-state index contributed by atoms with van der Waals surface area (Å²) in [6, 6.07) is 3.32. The third-order valence-corrected chi connectivity index (χ3v) is 5.49. The Hall–Kier alpha value is -1.49. The summed E-state index contributed by atoms with van der Waals surface area (Å²) in [7, 11) is 2.18. The van der Waals surface area contributed by atoms with E-state index in [0.717, 1.165) is 45.0 Å². The summed E-state index contributed by atoms with van der Waals surface area (Å²) in [5.41, 5.74) is 0.657. The van der Waals surface area contributed by atoms with E-state index in [1.807, 2.05) is 4.90 Å². The molecule has 2 saturated heterocycles. The molecule has 0 N–H and O–H groups in total. The van der Waals surface area contributed by atoms with Crippen LogP contribution in [0.1, 0.15) is 37.7 Å². The van der Waals surface area contributed by atoms with Crippen LogP contribution in [0.5, 0.6) is 0 Å². The fraction of sp³-hybridized carbons (Fsp3) is 0.611. The van der Waals surface area contributed by atoms with Crippen LogP contribution in [-0.4, -0.2) is 47.9 Å². The molecule has 23 heavy (non-hydrogen) atoms. The molecule has 0 unspecified atom stereocenters. The first-order valence-electron chi connectivity index (χ1n) is 8.43. The van der Waals surface area contributed by atoms with Gasteiger partial charge in [0.1, 0.15) is 11.6 Å². The molecule has 0 radical (unpaired) electrons. The lowest BCUT2D eigenvalue weighted by atomic mass is 9.88. The van der Waals surface area contributed by atoms with Gasteiger partial charge in [-0.1, -0.05) is 0 Å². The maximum Gasteiger partial charge on any atom is 0.226 e. The number of hydrogen-bond acceptors (Lipinski definition) is 2. The van der Waals surface area contributed by atoms with Crippen molar-refractivity contribution in [1.29, 1.82) is 0 Å². The third-order valence-electron chi connectivity index (χ3n) is 5.49. The SMILES string of the molecule is CN1CCC[C@@]12CCCN(C(=O)Cc1cc(F)cc(F)c1)CC2. The highest BCUT2D eigenvalue weighted by Crippen LogP contribution is 2.37. The number of rotatable bonds is 2. The summed E-state index contributed by atoms with van der Waals surface area (Å²) in [6.45, 7) is 2.61. The van der Waals surface area contributed by atoms with Gasteiger partial charge in [-0.15, -0.1) is 0 Å². The van der Waals surface area contributed by atoms with Gasteiger partial charge in [0.25, 0.3) is 0 Å². The maximum atomic E-state index is 13.3. The minimum atomic E-state index is -0.629. The van der Waals surface area contributed by atoms with Crippen molar-refractivity contribution in [3.8, 4) is 0 Å². The zero-order valence-corrected chi connectivity index (χ0v) is 13.7. The topological polar surface area (TPSA) is 23.6 Å². The molecule has 0 bridgehead atoms.